The molecule has 32 heavy (non-hydrogen) atoms. The van der Waals surface area contributed by atoms with Gasteiger partial charge in [0.1, 0.15) is 11.4 Å². The summed E-state index contributed by atoms with van der Waals surface area (Å²) >= 11 is 0. The fourth-order valence-electron chi connectivity index (χ4n) is 3.42. The third-order valence-corrected chi connectivity index (χ3v) is 4.97. The number of hydrogen-bond acceptors (Lipinski definition) is 4. The van der Waals surface area contributed by atoms with Gasteiger partial charge in [-0.3, -0.25) is 9.59 Å². The van der Waals surface area contributed by atoms with Crippen LogP contribution in [-0.4, -0.2) is 22.3 Å². The molecule has 3 aromatic carbocycles. The van der Waals surface area contributed by atoms with Gasteiger partial charge in [-0.05, 0) is 48.4 Å². The SMILES string of the molecule is CCOc1ccc(C(NC(=O)c2ccc(=O)n(-c3ccccc3)n2)c2ccccc2)cc1. The third-order valence-electron chi connectivity index (χ3n) is 4.97. The van der Waals surface area contributed by atoms with E-state index < -0.39 is 6.04 Å². The van der Waals surface area contributed by atoms with E-state index in [1.807, 2.05) is 79.7 Å². The second kappa shape index (κ2) is 9.75. The molecule has 1 aromatic heterocycles. The summed E-state index contributed by atoms with van der Waals surface area (Å²) in [7, 11) is 0. The molecule has 1 atom stereocenters. The van der Waals surface area contributed by atoms with Crippen LogP contribution in [0.4, 0.5) is 0 Å². The average Bonchev–Trinajstić information content (AvgIpc) is 2.84. The number of rotatable bonds is 7. The Bertz CT molecular complexity index is 1240. The summed E-state index contributed by atoms with van der Waals surface area (Å²) < 4.78 is 6.76. The van der Waals surface area contributed by atoms with E-state index in [1.54, 1.807) is 12.1 Å². The van der Waals surface area contributed by atoms with Gasteiger partial charge in [-0.1, -0.05) is 60.7 Å². The Balaban J connectivity index is 1.65. The van der Waals surface area contributed by atoms with E-state index in [-0.39, 0.29) is 17.2 Å². The molecule has 0 aliphatic carbocycles. The first-order valence-electron chi connectivity index (χ1n) is 10.4. The van der Waals surface area contributed by atoms with E-state index in [0.29, 0.717) is 12.3 Å². The molecule has 0 fully saturated rings. The van der Waals surface area contributed by atoms with Gasteiger partial charge in [-0.25, -0.2) is 0 Å². The summed E-state index contributed by atoms with van der Waals surface area (Å²) in [4.78, 5) is 25.5. The van der Waals surface area contributed by atoms with Crippen LogP contribution in [0.25, 0.3) is 5.69 Å². The van der Waals surface area contributed by atoms with Crippen LogP contribution < -0.4 is 15.6 Å². The zero-order valence-electron chi connectivity index (χ0n) is 17.6. The second-order valence-corrected chi connectivity index (χ2v) is 7.12. The van der Waals surface area contributed by atoms with Crippen LogP contribution in [0.3, 0.4) is 0 Å². The summed E-state index contributed by atoms with van der Waals surface area (Å²) in [5.41, 5.74) is 2.28. The van der Waals surface area contributed by atoms with Crippen LogP contribution in [0.1, 0.15) is 34.6 Å². The fourth-order valence-corrected chi connectivity index (χ4v) is 3.42. The van der Waals surface area contributed by atoms with Crippen molar-refractivity contribution in [3.8, 4) is 11.4 Å². The summed E-state index contributed by atoms with van der Waals surface area (Å²) in [6.45, 7) is 2.52. The molecule has 6 heteroatoms. The molecule has 0 aliphatic heterocycles. The molecular formula is C26H23N3O3. The fraction of sp³-hybridized carbons (Fsp3) is 0.115. The number of para-hydroxylation sites is 1. The molecule has 0 saturated heterocycles. The number of hydrogen-bond donors (Lipinski definition) is 1. The van der Waals surface area contributed by atoms with Crippen molar-refractivity contribution in [1.29, 1.82) is 0 Å². The molecule has 0 bridgehead atoms. The third kappa shape index (κ3) is 4.75. The Kier molecular flexibility index (Phi) is 6.41. The Hall–Kier alpha value is -4.19. The molecule has 4 rings (SSSR count). The van der Waals surface area contributed by atoms with E-state index >= 15 is 0 Å². The summed E-state index contributed by atoms with van der Waals surface area (Å²) in [6.07, 6.45) is 0. The number of aromatic nitrogens is 2. The molecule has 4 aromatic rings. The van der Waals surface area contributed by atoms with Crippen LogP contribution in [0.2, 0.25) is 0 Å². The normalized spacial score (nSPS) is 11.5. The summed E-state index contributed by atoms with van der Waals surface area (Å²) in [6, 6.07) is 28.7. The maximum atomic E-state index is 13.2. The quantitative estimate of drug-likeness (QED) is 0.483. The summed E-state index contributed by atoms with van der Waals surface area (Å²) in [5.74, 6) is 0.392. The molecule has 1 amide bonds. The van der Waals surface area contributed by atoms with Crippen molar-refractivity contribution in [1.82, 2.24) is 15.1 Å². The number of ether oxygens (including phenoxy) is 1. The van der Waals surface area contributed by atoms with E-state index in [9.17, 15) is 9.59 Å². The van der Waals surface area contributed by atoms with Crippen molar-refractivity contribution < 1.29 is 9.53 Å². The molecule has 1 N–H and O–H groups in total. The number of carbonyl (C=O) groups is 1. The smallest absolute Gasteiger partial charge is 0.272 e. The minimum atomic E-state index is -0.390. The molecule has 0 radical (unpaired) electrons. The van der Waals surface area contributed by atoms with Crippen molar-refractivity contribution in [2.75, 3.05) is 6.61 Å². The van der Waals surface area contributed by atoms with Crippen molar-refractivity contribution in [3.05, 3.63) is 124 Å². The molecule has 0 aliphatic rings. The van der Waals surface area contributed by atoms with Gasteiger partial charge in [0.2, 0.25) is 0 Å². The molecule has 160 valence electrons. The largest absolute Gasteiger partial charge is 0.494 e. The van der Waals surface area contributed by atoms with Crippen LogP contribution in [-0.2, 0) is 0 Å². The Morgan fingerprint density at radius 1 is 0.875 bits per heavy atom. The van der Waals surface area contributed by atoms with Gasteiger partial charge in [0, 0.05) is 6.07 Å². The highest BCUT2D eigenvalue weighted by Gasteiger charge is 2.19. The maximum Gasteiger partial charge on any atom is 0.272 e. The van der Waals surface area contributed by atoms with E-state index in [1.165, 1.54) is 16.8 Å². The molecule has 0 saturated carbocycles. The lowest BCUT2D eigenvalue weighted by molar-refractivity contribution is 0.0936. The molecule has 1 heterocycles. The number of carbonyl (C=O) groups excluding carboxylic acids is 1. The van der Waals surface area contributed by atoms with Crippen LogP contribution in [0.15, 0.2) is 102 Å². The number of nitrogens with one attached hydrogen (secondary N) is 1. The Morgan fingerprint density at radius 2 is 1.50 bits per heavy atom. The van der Waals surface area contributed by atoms with Crippen LogP contribution in [0, 0.1) is 0 Å². The lowest BCUT2D eigenvalue weighted by atomic mass is 9.98. The van der Waals surface area contributed by atoms with Gasteiger partial charge in [-0.15, -0.1) is 0 Å². The zero-order valence-corrected chi connectivity index (χ0v) is 17.6. The predicted molar refractivity (Wildman–Crippen MR) is 123 cm³/mol. The zero-order chi connectivity index (χ0) is 22.3. The lowest BCUT2D eigenvalue weighted by Crippen LogP contribution is -2.32. The first-order chi connectivity index (χ1) is 15.7. The van der Waals surface area contributed by atoms with Gasteiger partial charge < -0.3 is 10.1 Å². The monoisotopic (exact) mass is 425 g/mol. The van der Waals surface area contributed by atoms with Crippen molar-refractivity contribution in [2.45, 2.75) is 13.0 Å². The van der Waals surface area contributed by atoms with Crippen LogP contribution >= 0.6 is 0 Å². The topological polar surface area (TPSA) is 73.2 Å². The molecule has 0 spiro atoms. The van der Waals surface area contributed by atoms with E-state index in [0.717, 1.165) is 16.9 Å². The summed E-state index contributed by atoms with van der Waals surface area (Å²) in [5, 5.41) is 7.35. The second-order valence-electron chi connectivity index (χ2n) is 7.12. The van der Waals surface area contributed by atoms with Crippen molar-refractivity contribution in [2.24, 2.45) is 0 Å². The minimum Gasteiger partial charge on any atom is -0.494 e. The first kappa shape index (κ1) is 21.1. The first-order valence-corrected chi connectivity index (χ1v) is 10.4. The van der Waals surface area contributed by atoms with Gasteiger partial charge in [0.05, 0.1) is 18.3 Å². The van der Waals surface area contributed by atoms with E-state index in [2.05, 4.69) is 10.4 Å². The molecular weight excluding hydrogens is 402 g/mol. The van der Waals surface area contributed by atoms with Crippen LogP contribution in [0.5, 0.6) is 5.75 Å². The van der Waals surface area contributed by atoms with Gasteiger partial charge in [0.25, 0.3) is 11.5 Å². The maximum absolute atomic E-state index is 13.2. The number of benzene rings is 3. The van der Waals surface area contributed by atoms with Gasteiger partial charge >= 0.3 is 0 Å². The van der Waals surface area contributed by atoms with E-state index in [4.69, 9.17) is 4.74 Å². The minimum absolute atomic E-state index is 0.153. The lowest BCUT2D eigenvalue weighted by Gasteiger charge is -2.20. The molecule has 6 nitrogen and oxygen atoms in total. The van der Waals surface area contributed by atoms with Crippen molar-refractivity contribution in [3.63, 3.8) is 0 Å². The number of nitrogens with zero attached hydrogens (tertiary/aromatic N) is 2. The highest BCUT2D eigenvalue weighted by atomic mass is 16.5. The average molecular weight is 425 g/mol. The number of amides is 1. The van der Waals surface area contributed by atoms with Gasteiger partial charge in [0.15, 0.2) is 0 Å². The highest BCUT2D eigenvalue weighted by Crippen LogP contribution is 2.24. The standard InChI is InChI=1S/C26H23N3O3/c1-2-32-22-15-13-20(14-16-22)25(19-9-5-3-6-10-19)27-26(31)23-17-18-24(30)29(28-23)21-11-7-4-8-12-21/h3-18,25H,2H2,1H3,(H,27,31). The highest BCUT2D eigenvalue weighted by molar-refractivity contribution is 5.92. The Morgan fingerprint density at radius 3 is 2.16 bits per heavy atom. The van der Waals surface area contributed by atoms with Crippen molar-refractivity contribution >= 4 is 5.91 Å². The predicted octanol–water partition coefficient (Wildman–Crippen LogP) is 4.15. The Labute approximate surface area is 186 Å². The molecule has 1 unspecified atom stereocenters. The van der Waals surface area contributed by atoms with Gasteiger partial charge in [-0.2, -0.15) is 9.78 Å².